The molecule has 0 aliphatic carbocycles. The number of rotatable bonds is 5. The SMILES string of the molecule is CCCC(=O)Nc1ccc2c(c1)C(=O)N(C)C[C@@H](OC)[C@@H](C)CN(C(=O)c1cnccn1)[C@H](C)CO2. The zero-order chi connectivity index (χ0) is 26.2. The van der Waals surface area contributed by atoms with Crippen molar-refractivity contribution < 1.29 is 23.9 Å². The summed E-state index contributed by atoms with van der Waals surface area (Å²) in [5.41, 5.74) is 1.10. The Kier molecular flexibility index (Phi) is 9.35. The molecule has 2 heterocycles. The lowest BCUT2D eigenvalue weighted by atomic mass is 10.0. The Morgan fingerprint density at radius 1 is 1.22 bits per heavy atom. The first kappa shape index (κ1) is 27.1. The number of nitrogens with one attached hydrogen (secondary N) is 1. The average molecular weight is 498 g/mol. The van der Waals surface area contributed by atoms with Gasteiger partial charge in [-0.3, -0.25) is 19.4 Å². The molecule has 3 rings (SSSR count). The molecule has 3 amide bonds. The summed E-state index contributed by atoms with van der Waals surface area (Å²) < 4.78 is 11.8. The van der Waals surface area contributed by atoms with Crippen molar-refractivity contribution in [3.63, 3.8) is 0 Å². The van der Waals surface area contributed by atoms with Crippen molar-refractivity contribution in [1.82, 2.24) is 19.8 Å². The van der Waals surface area contributed by atoms with E-state index in [1.54, 1.807) is 42.2 Å². The number of hydrogen-bond donors (Lipinski definition) is 1. The van der Waals surface area contributed by atoms with E-state index in [9.17, 15) is 14.4 Å². The monoisotopic (exact) mass is 497 g/mol. The maximum absolute atomic E-state index is 13.4. The number of anilines is 1. The van der Waals surface area contributed by atoms with Crippen LogP contribution in [-0.4, -0.2) is 83.5 Å². The molecule has 1 aliphatic heterocycles. The molecule has 1 aromatic heterocycles. The van der Waals surface area contributed by atoms with Crippen molar-refractivity contribution in [2.24, 2.45) is 5.92 Å². The lowest BCUT2D eigenvalue weighted by Gasteiger charge is -2.35. The number of benzene rings is 1. The first-order valence-corrected chi connectivity index (χ1v) is 12.2. The van der Waals surface area contributed by atoms with Gasteiger partial charge in [0.1, 0.15) is 18.1 Å². The number of ether oxygens (including phenoxy) is 2. The number of hydrogen-bond acceptors (Lipinski definition) is 7. The highest BCUT2D eigenvalue weighted by Gasteiger charge is 2.31. The summed E-state index contributed by atoms with van der Waals surface area (Å²) in [6.07, 6.45) is 5.24. The van der Waals surface area contributed by atoms with Crippen LogP contribution in [0, 0.1) is 5.92 Å². The minimum atomic E-state index is -0.330. The lowest BCUT2D eigenvalue weighted by molar-refractivity contribution is -0.116. The van der Waals surface area contributed by atoms with Crippen molar-refractivity contribution in [1.29, 1.82) is 0 Å². The van der Waals surface area contributed by atoms with Crippen molar-refractivity contribution in [2.45, 2.75) is 45.8 Å². The van der Waals surface area contributed by atoms with Crippen LogP contribution in [0.2, 0.25) is 0 Å². The fourth-order valence-electron chi connectivity index (χ4n) is 4.14. The van der Waals surface area contributed by atoms with E-state index in [-0.39, 0.29) is 48.1 Å². The first-order chi connectivity index (χ1) is 17.2. The van der Waals surface area contributed by atoms with Gasteiger partial charge in [-0.05, 0) is 31.5 Å². The Morgan fingerprint density at radius 2 is 2.00 bits per heavy atom. The Balaban J connectivity index is 1.96. The van der Waals surface area contributed by atoms with E-state index in [2.05, 4.69) is 15.3 Å². The van der Waals surface area contributed by atoms with Crippen LogP contribution in [0.4, 0.5) is 5.69 Å². The molecular formula is C26H35N5O5. The van der Waals surface area contributed by atoms with Crippen LogP contribution in [0.15, 0.2) is 36.8 Å². The smallest absolute Gasteiger partial charge is 0.274 e. The van der Waals surface area contributed by atoms with Crippen LogP contribution in [-0.2, 0) is 9.53 Å². The molecule has 1 aromatic carbocycles. The predicted octanol–water partition coefficient (Wildman–Crippen LogP) is 2.86. The topological polar surface area (TPSA) is 114 Å². The van der Waals surface area contributed by atoms with E-state index in [0.29, 0.717) is 36.5 Å². The van der Waals surface area contributed by atoms with Gasteiger partial charge < -0.3 is 24.6 Å². The zero-order valence-corrected chi connectivity index (χ0v) is 21.6. The quantitative estimate of drug-likeness (QED) is 0.676. The second-order valence-corrected chi connectivity index (χ2v) is 9.15. The Labute approximate surface area is 212 Å². The summed E-state index contributed by atoms with van der Waals surface area (Å²) in [6, 6.07) is 4.68. The minimum absolute atomic E-state index is 0.0908. The molecule has 10 heteroatoms. The Morgan fingerprint density at radius 3 is 2.67 bits per heavy atom. The number of carbonyl (C=O) groups is 3. The molecule has 0 saturated heterocycles. The third kappa shape index (κ3) is 6.57. The molecule has 2 aromatic rings. The summed E-state index contributed by atoms with van der Waals surface area (Å²) in [5.74, 6) is -0.330. The van der Waals surface area contributed by atoms with Gasteiger partial charge in [-0.25, -0.2) is 4.98 Å². The molecule has 0 fully saturated rings. The second kappa shape index (κ2) is 12.4. The second-order valence-electron chi connectivity index (χ2n) is 9.15. The van der Waals surface area contributed by atoms with Crippen molar-refractivity contribution in [2.75, 3.05) is 39.2 Å². The summed E-state index contributed by atoms with van der Waals surface area (Å²) in [6.45, 7) is 6.65. The largest absolute Gasteiger partial charge is 0.491 e. The highest BCUT2D eigenvalue weighted by Crippen LogP contribution is 2.27. The van der Waals surface area contributed by atoms with E-state index in [0.717, 1.165) is 6.42 Å². The van der Waals surface area contributed by atoms with Gasteiger partial charge in [0.15, 0.2) is 0 Å². The predicted molar refractivity (Wildman–Crippen MR) is 135 cm³/mol. The normalized spacial score (nSPS) is 21.0. The van der Waals surface area contributed by atoms with Crippen LogP contribution >= 0.6 is 0 Å². The van der Waals surface area contributed by atoms with Gasteiger partial charge in [0.05, 0.1) is 23.9 Å². The maximum Gasteiger partial charge on any atom is 0.274 e. The summed E-state index contributed by atoms with van der Waals surface area (Å²) in [7, 11) is 3.30. The molecule has 10 nitrogen and oxygen atoms in total. The fourth-order valence-corrected chi connectivity index (χ4v) is 4.14. The van der Waals surface area contributed by atoms with Crippen LogP contribution < -0.4 is 10.1 Å². The van der Waals surface area contributed by atoms with Crippen molar-refractivity contribution in [3.8, 4) is 5.75 Å². The number of carbonyl (C=O) groups excluding carboxylic acids is 3. The van der Waals surface area contributed by atoms with Gasteiger partial charge in [-0.2, -0.15) is 0 Å². The third-order valence-corrected chi connectivity index (χ3v) is 6.25. The highest BCUT2D eigenvalue weighted by molar-refractivity contribution is 5.99. The number of fused-ring (bicyclic) bond motifs is 1. The third-order valence-electron chi connectivity index (χ3n) is 6.25. The Bertz CT molecular complexity index is 1060. The van der Waals surface area contributed by atoms with E-state index < -0.39 is 0 Å². The van der Waals surface area contributed by atoms with Crippen molar-refractivity contribution in [3.05, 3.63) is 48.0 Å². The molecular weight excluding hydrogens is 462 g/mol. The highest BCUT2D eigenvalue weighted by atomic mass is 16.5. The maximum atomic E-state index is 13.4. The van der Waals surface area contributed by atoms with E-state index in [1.165, 1.54) is 18.6 Å². The van der Waals surface area contributed by atoms with Crippen LogP contribution in [0.25, 0.3) is 0 Å². The van der Waals surface area contributed by atoms with Gasteiger partial charge in [0, 0.05) is 57.7 Å². The number of methoxy groups -OCH3 is 1. The lowest BCUT2D eigenvalue weighted by Crippen LogP contribution is -2.48. The van der Waals surface area contributed by atoms with Crippen LogP contribution in [0.1, 0.15) is 54.5 Å². The van der Waals surface area contributed by atoms with Gasteiger partial charge in [0.2, 0.25) is 5.91 Å². The average Bonchev–Trinajstić information content (AvgIpc) is 2.88. The van der Waals surface area contributed by atoms with E-state index in [4.69, 9.17) is 9.47 Å². The molecule has 194 valence electrons. The first-order valence-electron chi connectivity index (χ1n) is 12.2. The summed E-state index contributed by atoms with van der Waals surface area (Å²) in [4.78, 5) is 50.4. The molecule has 0 spiro atoms. The molecule has 36 heavy (non-hydrogen) atoms. The molecule has 1 N–H and O–H groups in total. The number of amides is 3. The number of nitrogens with zero attached hydrogens (tertiary/aromatic N) is 4. The van der Waals surface area contributed by atoms with E-state index in [1.807, 2.05) is 20.8 Å². The molecule has 0 radical (unpaired) electrons. The standard InChI is InChI=1S/C26H35N5O5/c1-6-7-24(32)29-19-8-9-22-20(12-19)25(33)30(4)15-23(35-5)17(2)14-31(18(3)16-36-22)26(34)21-13-27-10-11-28-21/h8-13,17-18,23H,6-7,14-16H2,1-5H3,(H,29,32)/t17-,18+,23+/m0/s1. The minimum Gasteiger partial charge on any atom is -0.491 e. The van der Waals surface area contributed by atoms with E-state index >= 15 is 0 Å². The van der Waals surface area contributed by atoms with Gasteiger partial charge >= 0.3 is 0 Å². The van der Waals surface area contributed by atoms with Gasteiger partial charge in [-0.1, -0.05) is 13.8 Å². The van der Waals surface area contributed by atoms with Gasteiger partial charge in [-0.15, -0.1) is 0 Å². The molecule has 0 unspecified atom stereocenters. The van der Waals surface area contributed by atoms with Crippen LogP contribution in [0.5, 0.6) is 5.75 Å². The van der Waals surface area contributed by atoms with Crippen molar-refractivity contribution >= 4 is 23.4 Å². The summed E-state index contributed by atoms with van der Waals surface area (Å²) in [5, 5.41) is 2.83. The molecule has 3 atom stereocenters. The number of likely N-dealkylation sites (N-methyl/N-ethyl adjacent to an activating group) is 1. The molecule has 0 saturated carbocycles. The fraction of sp³-hybridized carbons (Fsp3) is 0.500. The zero-order valence-electron chi connectivity index (χ0n) is 21.6. The summed E-state index contributed by atoms with van der Waals surface area (Å²) >= 11 is 0. The van der Waals surface area contributed by atoms with Gasteiger partial charge in [0.25, 0.3) is 11.8 Å². The molecule has 0 bridgehead atoms. The number of aromatic nitrogens is 2. The molecule has 1 aliphatic rings. The van der Waals surface area contributed by atoms with Crippen LogP contribution in [0.3, 0.4) is 0 Å². The Hall–Kier alpha value is -3.53.